The molecule has 0 saturated carbocycles. The second-order valence-electron chi connectivity index (χ2n) is 6.12. The van der Waals surface area contributed by atoms with Crippen molar-refractivity contribution < 1.29 is 4.42 Å². The van der Waals surface area contributed by atoms with Gasteiger partial charge in [-0.3, -0.25) is 0 Å². The Bertz CT molecular complexity index is 364. The van der Waals surface area contributed by atoms with Crippen LogP contribution in [-0.4, -0.2) is 26.2 Å². The Morgan fingerprint density at radius 3 is 2.67 bits per heavy atom. The monoisotopic (exact) mass is 250 g/mol. The molecule has 0 atom stereocenters. The van der Waals surface area contributed by atoms with E-state index in [1.807, 2.05) is 13.0 Å². The first-order valence-electron chi connectivity index (χ1n) is 7.06. The van der Waals surface area contributed by atoms with Crippen LogP contribution in [0.1, 0.15) is 38.2 Å². The van der Waals surface area contributed by atoms with E-state index in [0.29, 0.717) is 0 Å². The van der Waals surface area contributed by atoms with E-state index < -0.39 is 0 Å². The number of piperidine rings is 1. The molecule has 0 radical (unpaired) electrons. The molecule has 0 unspecified atom stereocenters. The van der Waals surface area contributed by atoms with Crippen LogP contribution < -0.4 is 10.6 Å². The van der Waals surface area contributed by atoms with Gasteiger partial charge >= 0.3 is 0 Å². The van der Waals surface area contributed by atoms with Crippen molar-refractivity contribution in [1.82, 2.24) is 10.6 Å². The van der Waals surface area contributed by atoms with E-state index in [4.69, 9.17) is 4.42 Å². The highest BCUT2D eigenvalue weighted by Gasteiger charge is 2.24. The summed E-state index contributed by atoms with van der Waals surface area (Å²) in [5, 5.41) is 7.02. The van der Waals surface area contributed by atoms with Crippen LogP contribution in [-0.2, 0) is 5.41 Å². The number of hydrogen-bond donors (Lipinski definition) is 2. The van der Waals surface area contributed by atoms with E-state index in [1.165, 1.54) is 25.9 Å². The molecule has 1 aromatic rings. The van der Waals surface area contributed by atoms with E-state index in [1.54, 1.807) is 0 Å². The lowest BCUT2D eigenvalue weighted by Crippen LogP contribution is -2.38. The predicted octanol–water partition coefficient (Wildman–Crippen LogP) is 2.45. The Morgan fingerprint density at radius 1 is 1.33 bits per heavy atom. The second-order valence-corrected chi connectivity index (χ2v) is 6.12. The van der Waals surface area contributed by atoms with Gasteiger partial charge in [0.05, 0.1) is 0 Å². The Labute approximate surface area is 110 Å². The summed E-state index contributed by atoms with van der Waals surface area (Å²) in [4.78, 5) is 0. The molecule has 0 aromatic carbocycles. The third kappa shape index (κ3) is 3.59. The van der Waals surface area contributed by atoms with Gasteiger partial charge in [0, 0.05) is 12.0 Å². The molecular weight excluding hydrogens is 224 g/mol. The zero-order valence-electron chi connectivity index (χ0n) is 11.9. The fourth-order valence-corrected chi connectivity index (χ4v) is 2.56. The molecule has 2 heterocycles. The van der Waals surface area contributed by atoms with Gasteiger partial charge in [0.25, 0.3) is 0 Å². The summed E-state index contributed by atoms with van der Waals surface area (Å²) in [5.41, 5.74) is 0.0706. The van der Waals surface area contributed by atoms with Crippen LogP contribution in [0, 0.1) is 12.8 Å². The highest BCUT2D eigenvalue weighted by atomic mass is 16.3. The molecule has 1 aliphatic rings. The van der Waals surface area contributed by atoms with Crippen LogP contribution in [0.15, 0.2) is 16.5 Å². The summed E-state index contributed by atoms with van der Waals surface area (Å²) in [6, 6.07) is 4.14. The van der Waals surface area contributed by atoms with Gasteiger partial charge in [-0.15, -0.1) is 0 Å². The average molecular weight is 250 g/mol. The smallest absolute Gasteiger partial charge is 0.111 e. The Morgan fingerprint density at radius 2 is 2.06 bits per heavy atom. The van der Waals surface area contributed by atoms with E-state index in [0.717, 1.165) is 30.5 Å². The van der Waals surface area contributed by atoms with Crippen LogP contribution in [0.3, 0.4) is 0 Å². The average Bonchev–Trinajstić information content (AvgIpc) is 2.78. The molecular formula is C15H26N2O. The van der Waals surface area contributed by atoms with Crippen LogP contribution in [0.5, 0.6) is 0 Å². The summed E-state index contributed by atoms with van der Waals surface area (Å²) in [6.07, 6.45) is 2.60. The minimum atomic E-state index is 0.0706. The normalized spacial score (nSPS) is 18.2. The number of hydrogen-bond acceptors (Lipinski definition) is 3. The lowest BCUT2D eigenvalue weighted by molar-refractivity contribution is 0.320. The van der Waals surface area contributed by atoms with E-state index in [9.17, 15) is 0 Å². The van der Waals surface area contributed by atoms with Gasteiger partial charge in [-0.1, -0.05) is 13.8 Å². The van der Waals surface area contributed by atoms with Gasteiger partial charge < -0.3 is 15.1 Å². The highest BCUT2D eigenvalue weighted by molar-refractivity contribution is 5.15. The van der Waals surface area contributed by atoms with Crippen molar-refractivity contribution in [2.75, 3.05) is 26.2 Å². The molecule has 0 amide bonds. The van der Waals surface area contributed by atoms with E-state index in [2.05, 4.69) is 30.5 Å². The molecule has 1 saturated heterocycles. The minimum Gasteiger partial charge on any atom is -0.466 e. The van der Waals surface area contributed by atoms with Gasteiger partial charge in [0.15, 0.2) is 0 Å². The molecule has 1 fully saturated rings. The summed E-state index contributed by atoms with van der Waals surface area (Å²) >= 11 is 0. The molecule has 102 valence electrons. The number of rotatable bonds is 5. The molecule has 3 nitrogen and oxygen atoms in total. The van der Waals surface area contributed by atoms with Gasteiger partial charge in [-0.05, 0) is 57.5 Å². The summed E-state index contributed by atoms with van der Waals surface area (Å²) in [5.74, 6) is 2.91. The van der Waals surface area contributed by atoms with Gasteiger partial charge in [0.2, 0.25) is 0 Å². The van der Waals surface area contributed by atoms with Crippen molar-refractivity contribution in [3.63, 3.8) is 0 Å². The topological polar surface area (TPSA) is 37.2 Å². The first-order valence-corrected chi connectivity index (χ1v) is 7.06. The molecule has 0 aliphatic carbocycles. The van der Waals surface area contributed by atoms with Gasteiger partial charge in [0.1, 0.15) is 11.5 Å². The second kappa shape index (κ2) is 5.89. The van der Waals surface area contributed by atoms with Crippen molar-refractivity contribution >= 4 is 0 Å². The van der Waals surface area contributed by atoms with Crippen LogP contribution in [0.4, 0.5) is 0 Å². The van der Waals surface area contributed by atoms with Crippen molar-refractivity contribution in [3.05, 3.63) is 23.7 Å². The third-order valence-electron chi connectivity index (χ3n) is 3.87. The third-order valence-corrected chi connectivity index (χ3v) is 3.87. The predicted molar refractivity (Wildman–Crippen MR) is 74.9 cm³/mol. The summed E-state index contributed by atoms with van der Waals surface area (Å²) in [6.45, 7) is 10.9. The fourth-order valence-electron chi connectivity index (χ4n) is 2.56. The molecule has 1 aliphatic heterocycles. The number of aryl methyl sites for hydroxylation is 1. The fraction of sp³-hybridized carbons (Fsp3) is 0.733. The first kappa shape index (κ1) is 13.6. The number of furan rings is 1. The molecule has 3 heteroatoms. The van der Waals surface area contributed by atoms with Crippen molar-refractivity contribution in [3.8, 4) is 0 Å². The maximum atomic E-state index is 5.74. The summed E-state index contributed by atoms with van der Waals surface area (Å²) in [7, 11) is 0. The molecule has 0 spiro atoms. The lowest BCUT2D eigenvalue weighted by atomic mass is 9.89. The van der Waals surface area contributed by atoms with Crippen LogP contribution in [0.2, 0.25) is 0 Å². The van der Waals surface area contributed by atoms with Gasteiger partial charge in [-0.2, -0.15) is 0 Å². The zero-order valence-corrected chi connectivity index (χ0v) is 11.9. The van der Waals surface area contributed by atoms with E-state index in [-0.39, 0.29) is 5.41 Å². The Balaban J connectivity index is 1.78. The Kier molecular flexibility index (Phi) is 4.46. The van der Waals surface area contributed by atoms with E-state index >= 15 is 0 Å². The molecule has 18 heavy (non-hydrogen) atoms. The highest BCUT2D eigenvalue weighted by Crippen LogP contribution is 2.24. The van der Waals surface area contributed by atoms with Crippen LogP contribution in [0.25, 0.3) is 0 Å². The largest absolute Gasteiger partial charge is 0.466 e. The van der Waals surface area contributed by atoms with Crippen LogP contribution >= 0.6 is 0 Å². The maximum absolute atomic E-state index is 5.74. The van der Waals surface area contributed by atoms with Crippen molar-refractivity contribution in [2.24, 2.45) is 5.92 Å². The summed E-state index contributed by atoms with van der Waals surface area (Å²) < 4.78 is 5.74. The molecule has 2 rings (SSSR count). The van der Waals surface area contributed by atoms with Crippen molar-refractivity contribution in [1.29, 1.82) is 0 Å². The Hall–Kier alpha value is -0.800. The standard InChI is InChI=1S/C15H26N2O/c1-12-4-5-14(18-12)15(2,3)11-17-10-13-6-8-16-9-7-13/h4-5,13,16-17H,6-11H2,1-3H3. The maximum Gasteiger partial charge on any atom is 0.111 e. The molecule has 1 aromatic heterocycles. The molecule has 2 N–H and O–H groups in total. The lowest BCUT2D eigenvalue weighted by Gasteiger charge is -2.27. The zero-order chi connectivity index (χ0) is 13.0. The van der Waals surface area contributed by atoms with Gasteiger partial charge in [-0.25, -0.2) is 0 Å². The molecule has 0 bridgehead atoms. The van der Waals surface area contributed by atoms with Crippen molar-refractivity contribution in [2.45, 2.75) is 39.0 Å². The SMILES string of the molecule is Cc1ccc(C(C)(C)CNCC2CCNCC2)o1. The first-order chi connectivity index (χ1) is 8.58. The number of nitrogens with one attached hydrogen (secondary N) is 2. The quantitative estimate of drug-likeness (QED) is 0.843. The minimum absolute atomic E-state index is 0.0706.